The van der Waals surface area contributed by atoms with E-state index in [1.807, 2.05) is 6.92 Å². The van der Waals surface area contributed by atoms with E-state index in [4.69, 9.17) is 9.62 Å². The van der Waals surface area contributed by atoms with E-state index in [0.29, 0.717) is 17.9 Å². The predicted octanol–water partition coefficient (Wildman–Crippen LogP) is 2.58. The molecule has 0 aliphatic heterocycles. The van der Waals surface area contributed by atoms with Crippen LogP contribution in [0.4, 0.5) is 0 Å². The molecule has 0 spiro atoms. The van der Waals surface area contributed by atoms with Crippen LogP contribution >= 0.6 is 0 Å². The van der Waals surface area contributed by atoms with Gasteiger partial charge in [0.15, 0.2) is 0 Å². The minimum absolute atomic E-state index is 0.362. The molecule has 0 amide bonds. The van der Waals surface area contributed by atoms with Crippen LogP contribution < -0.4 is 4.74 Å². The van der Waals surface area contributed by atoms with Crippen LogP contribution in [0.3, 0.4) is 0 Å². The summed E-state index contributed by atoms with van der Waals surface area (Å²) in [4.78, 5) is 21.0. The van der Waals surface area contributed by atoms with Gasteiger partial charge < -0.3 is 4.74 Å². The van der Waals surface area contributed by atoms with Crippen molar-refractivity contribution in [3.05, 3.63) is 29.8 Å². The minimum Gasteiger partial charge on any atom is -0.496 e. The van der Waals surface area contributed by atoms with Crippen LogP contribution in [-0.4, -0.2) is 19.7 Å². The van der Waals surface area contributed by atoms with E-state index >= 15 is 0 Å². The Morgan fingerprint density at radius 2 is 2.06 bits per heavy atom. The average molecular weight is 224 g/mol. The Bertz CT molecular complexity index is 336. The molecule has 1 aromatic rings. The maximum Gasteiger partial charge on any atom is 0.376 e. The molecule has 88 valence electrons. The van der Waals surface area contributed by atoms with E-state index in [-0.39, 0.29) is 0 Å². The van der Waals surface area contributed by atoms with Crippen LogP contribution in [0.25, 0.3) is 0 Å². The standard InChI is InChI=1S/C12H16O4/c1-3-4-9-15-16-12(13)10-7-5-6-8-11(10)14-2/h5-8H,3-4,9H2,1-2H3. The van der Waals surface area contributed by atoms with Gasteiger partial charge in [-0.3, -0.25) is 4.89 Å². The van der Waals surface area contributed by atoms with Crippen LogP contribution in [0.1, 0.15) is 30.1 Å². The smallest absolute Gasteiger partial charge is 0.376 e. The number of carbonyl (C=O) groups excluding carboxylic acids is 1. The summed E-state index contributed by atoms with van der Waals surface area (Å²) in [5, 5.41) is 0. The molecular weight excluding hydrogens is 208 g/mol. The molecule has 4 heteroatoms. The van der Waals surface area contributed by atoms with E-state index in [1.165, 1.54) is 7.11 Å². The molecule has 0 saturated carbocycles. The van der Waals surface area contributed by atoms with Gasteiger partial charge in [-0.1, -0.05) is 25.5 Å². The first-order valence-electron chi connectivity index (χ1n) is 5.26. The topological polar surface area (TPSA) is 44.8 Å². The van der Waals surface area contributed by atoms with Crippen LogP contribution in [0.5, 0.6) is 5.75 Å². The monoisotopic (exact) mass is 224 g/mol. The summed E-state index contributed by atoms with van der Waals surface area (Å²) in [5.41, 5.74) is 0.362. The summed E-state index contributed by atoms with van der Waals surface area (Å²) >= 11 is 0. The number of methoxy groups -OCH3 is 1. The van der Waals surface area contributed by atoms with Crippen LogP contribution in [0, 0.1) is 0 Å². The summed E-state index contributed by atoms with van der Waals surface area (Å²) in [6.07, 6.45) is 1.85. The van der Waals surface area contributed by atoms with Crippen molar-refractivity contribution in [3.63, 3.8) is 0 Å². The summed E-state index contributed by atoms with van der Waals surface area (Å²) in [6, 6.07) is 6.85. The van der Waals surface area contributed by atoms with Gasteiger partial charge in [0.25, 0.3) is 0 Å². The van der Waals surface area contributed by atoms with Gasteiger partial charge in [-0.15, -0.1) is 0 Å². The van der Waals surface area contributed by atoms with Crippen molar-refractivity contribution >= 4 is 5.97 Å². The van der Waals surface area contributed by atoms with Crippen molar-refractivity contribution < 1.29 is 19.3 Å². The molecule has 0 atom stereocenters. The lowest BCUT2D eigenvalue weighted by Crippen LogP contribution is -2.08. The number of hydrogen-bond donors (Lipinski definition) is 0. The Hall–Kier alpha value is -1.55. The first-order chi connectivity index (χ1) is 7.79. The lowest BCUT2D eigenvalue weighted by Gasteiger charge is -2.06. The number of ether oxygens (including phenoxy) is 1. The molecule has 0 unspecified atom stereocenters. The van der Waals surface area contributed by atoms with Crippen LogP contribution in [0.15, 0.2) is 24.3 Å². The van der Waals surface area contributed by atoms with Crippen molar-refractivity contribution in [2.45, 2.75) is 19.8 Å². The van der Waals surface area contributed by atoms with Crippen molar-refractivity contribution in [2.24, 2.45) is 0 Å². The largest absolute Gasteiger partial charge is 0.496 e. The minimum atomic E-state index is -0.534. The first kappa shape index (κ1) is 12.5. The first-order valence-corrected chi connectivity index (χ1v) is 5.26. The zero-order valence-electron chi connectivity index (χ0n) is 9.56. The van der Waals surface area contributed by atoms with E-state index in [0.717, 1.165) is 12.8 Å². The molecule has 0 aliphatic rings. The highest BCUT2D eigenvalue weighted by molar-refractivity contribution is 5.92. The maximum absolute atomic E-state index is 11.6. The van der Waals surface area contributed by atoms with Crippen molar-refractivity contribution in [1.82, 2.24) is 0 Å². The highest BCUT2D eigenvalue weighted by Gasteiger charge is 2.13. The quantitative estimate of drug-likeness (QED) is 0.423. The molecule has 0 saturated heterocycles. The second kappa shape index (κ2) is 6.85. The van der Waals surface area contributed by atoms with Gasteiger partial charge >= 0.3 is 5.97 Å². The molecule has 4 nitrogen and oxygen atoms in total. The normalized spacial score (nSPS) is 9.88. The molecule has 1 rings (SSSR count). The number of rotatable bonds is 6. The lowest BCUT2D eigenvalue weighted by molar-refractivity contribution is -0.241. The van der Waals surface area contributed by atoms with Crippen molar-refractivity contribution in [3.8, 4) is 5.75 Å². The van der Waals surface area contributed by atoms with E-state index < -0.39 is 5.97 Å². The van der Waals surface area contributed by atoms with Gasteiger partial charge in [-0.2, -0.15) is 4.89 Å². The highest BCUT2D eigenvalue weighted by atomic mass is 17.2. The Kier molecular flexibility index (Phi) is 5.36. The molecule has 0 N–H and O–H groups in total. The zero-order chi connectivity index (χ0) is 11.8. The van der Waals surface area contributed by atoms with Gasteiger partial charge in [0.05, 0.1) is 13.7 Å². The van der Waals surface area contributed by atoms with Crippen molar-refractivity contribution in [1.29, 1.82) is 0 Å². The second-order valence-electron chi connectivity index (χ2n) is 3.25. The number of carbonyl (C=O) groups is 1. The summed E-state index contributed by atoms with van der Waals surface area (Å²) in [7, 11) is 1.50. The number of benzene rings is 1. The van der Waals surface area contributed by atoms with Gasteiger partial charge in [0.2, 0.25) is 0 Å². The van der Waals surface area contributed by atoms with Gasteiger partial charge in [0.1, 0.15) is 11.3 Å². The molecule has 0 radical (unpaired) electrons. The number of unbranched alkanes of at least 4 members (excludes halogenated alkanes) is 1. The number of hydrogen-bond acceptors (Lipinski definition) is 4. The Balaban J connectivity index is 2.52. The predicted molar refractivity (Wildman–Crippen MR) is 59.3 cm³/mol. The molecular formula is C12H16O4. The molecule has 0 heterocycles. The Morgan fingerprint density at radius 1 is 1.31 bits per heavy atom. The molecule has 1 aromatic carbocycles. The summed E-state index contributed by atoms with van der Waals surface area (Å²) in [5.74, 6) is -0.0554. The average Bonchev–Trinajstić information content (AvgIpc) is 2.34. The molecule has 0 fully saturated rings. The van der Waals surface area contributed by atoms with Gasteiger partial charge in [-0.05, 0) is 18.6 Å². The van der Waals surface area contributed by atoms with Crippen LogP contribution in [-0.2, 0) is 9.78 Å². The van der Waals surface area contributed by atoms with Crippen LogP contribution in [0.2, 0.25) is 0 Å². The lowest BCUT2D eigenvalue weighted by atomic mass is 10.2. The fourth-order valence-corrected chi connectivity index (χ4v) is 1.16. The zero-order valence-corrected chi connectivity index (χ0v) is 9.56. The molecule has 0 aliphatic carbocycles. The highest BCUT2D eigenvalue weighted by Crippen LogP contribution is 2.18. The van der Waals surface area contributed by atoms with E-state index in [1.54, 1.807) is 24.3 Å². The third-order valence-corrected chi connectivity index (χ3v) is 2.04. The maximum atomic E-state index is 11.6. The molecule has 16 heavy (non-hydrogen) atoms. The Morgan fingerprint density at radius 3 is 2.75 bits per heavy atom. The molecule has 0 bridgehead atoms. The number of para-hydroxylation sites is 1. The SMILES string of the molecule is CCCCOOC(=O)c1ccccc1OC. The Labute approximate surface area is 95.1 Å². The summed E-state index contributed by atoms with van der Waals surface area (Å²) in [6.45, 7) is 2.45. The van der Waals surface area contributed by atoms with Gasteiger partial charge in [0, 0.05) is 0 Å². The fourth-order valence-electron chi connectivity index (χ4n) is 1.16. The second-order valence-corrected chi connectivity index (χ2v) is 3.25. The fraction of sp³-hybridized carbons (Fsp3) is 0.417. The third-order valence-electron chi connectivity index (χ3n) is 2.04. The van der Waals surface area contributed by atoms with Crippen molar-refractivity contribution in [2.75, 3.05) is 13.7 Å². The van der Waals surface area contributed by atoms with E-state index in [9.17, 15) is 4.79 Å². The third kappa shape index (κ3) is 3.55. The molecule has 0 aromatic heterocycles. The summed E-state index contributed by atoms with van der Waals surface area (Å²) < 4.78 is 5.04. The van der Waals surface area contributed by atoms with E-state index in [2.05, 4.69) is 4.89 Å². The van der Waals surface area contributed by atoms with Gasteiger partial charge in [-0.25, -0.2) is 4.79 Å².